The number of amides is 1. The Morgan fingerprint density at radius 3 is 2.43 bits per heavy atom. The highest BCUT2D eigenvalue weighted by molar-refractivity contribution is 6.74. The second kappa shape index (κ2) is 11.8. The number of rotatable bonds is 9. The van der Waals surface area contributed by atoms with E-state index in [2.05, 4.69) is 78.2 Å². The quantitative estimate of drug-likeness (QED) is 0.184. The zero-order valence-electron chi connectivity index (χ0n) is 24.4. The van der Waals surface area contributed by atoms with Crippen LogP contribution in [0.3, 0.4) is 0 Å². The molecule has 3 fully saturated rings. The third-order valence-corrected chi connectivity index (χ3v) is 12.2. The molecule has 0 aromatic heterocycles. The van der Waals surface area contributed by atoms with Gasteiger partial charge in [0.25, 0.3) is 0 Å². The SMILES string of the molecule is CC(/C=C/[C@@H]1C[C@]2(CO2)CC(C)(C)O1)=C\C[C@H]1OC[C@@H](NC(=O)/C=C\[C@H](C)O[Si](C)(C)C(C)(C)C)CO1. The van der Waals surface area contributed by atoms with Crippen molar-refractivity contribution in [1.82, 2.24) is 5.32 Å². The van der Waals surface area contributed by atoms with Gasteiger partial charge in [0.05, 0.1) is 49.3 Å². The number of carbonyl (C=O) groups excluding carboxylic acids is 1. The highest BCUT2D eigenvalue weighted by Gasteiger charge is 2.53. The number of epoxide rings is 1. The third-order valence-electron chi connectivity index (χ3n) is 7.67. The summed E-state index contributed by atoms with van der Waals surface area (Å²) in [6.07, 6.45) is 11.9. The lowest BCUT2D eigenvalue weighted by Gasteiger charge is -2.38. The van der Waals surface area contributed by atoms with E-state index in [0.29, 0.717) is 19.6 Å². The molecule has 210 valence electrons. The van der Waals surface area contributed by atoms with Crippen molar-refractivity contribution in [3.63, 3.8) is 0 Å². The van der Waals surface area contributed by atoms with E-state index in [4.69, 9.17) is 23.4 Å². The first-order chi connectivity index (χ1) is 17.1. The highest BCUT2D eigenvalue weighted by atomic mass is 28.4. The number of ether oxygens (including phenoxy) is 4. The van der Waals surface area contributed by atoms with Gasteiger partial charge >= 0.3 is 0 Å². The van der Waals surface area contributed by atoms with Crippen LogP contribution in [-0.2, 0) is 28.2 Å². The van der Waals surface area contributed by atoms with Crippen molar-refractivity contribution < 1.29 is 28.2 Å². The molecular formula is C29H49NO6Si. The molecule has 1 spiro atoms. The van der Waals surface area contributed by atoms with Gasteiger partial charge in [0.1, 0.15) is 0 Å². The Morgan fingerprint density at radius 1 is 1.19 bits per heavy atom. The number of hydrogen-bond acceptors (Lipinski definition) is 6. The molecule has 3 saturated heterocycles. The predicted octanol–water partition coefficient (Wildman–Crippen LogP) is 5.43. The molecule has 3 rings (SSSR count). The van der Waals surface area contributed by atoms with Gasteiger partial charge in [-0.3, -0.25) is 4.79 Å². The molecule has 3 aliphatic rings. The van der Waals surface area contributed by atoms with Gasteiger partial charge in [-0.05, 0) is 45.8 Å². The van der Waals surface area contributed by atoms with Crippen LogP contribution in [0.5, 0.6) is 0 Å². The van der Waals surface area contributed by atoms with E-state index in [1.165, 1.54) is 0 Å². The van der Waals surface area contributed by atoms with E-state index in [1.54, 1.807) is 6.08 Å². The Bertz CT molecular complexity index is 869. The first-order valence-electron chi connectivity index (χ1n) is 13.6. The summed E-state index contributed by atoms with van der Waals surface area (Å²) in [7, 11) is -1.87. The largest absolute Gasteiger partial charge is 0.411 e. The van der Waals surface area contributed by atoms with E-state index in [9.17, 15) is 4.79 Å². The van der Waals surface area contributed by atoms with E-state index < -0.39 is 8.32 Å². The molecule has 3 atom stereocenters. The molecule has 0 bridgehead atoms. The third kappa shape index (κ3) is 9.44. The van der Waals surface area contributed by atoms with Crippen molar-refractivity contribution in [3.8, 4) is 0 Å². The fourth-order valence-electron chi connectivity index (χ4n) is 4.66. The number of allylic oxidation sites excluding steroid dienone is 2. The van der Waals surface area contributed by atoms with Gasteiger partial charge in [-0.25, -0.2) is 0 Å². The minimum Gasteiger partial charge on any atom is -0.411 e. The average molecular weight is 536 g/mol. The molecule has 0 aliphatic carbocycles. The molecule has 0 aromatic rings. The van der Waals surface area contributed by atoms with Gasteiger partial charge in [-0.15, -0.1) is 0 Å². The van der Waals surface area contributed by atoms with Crippen LogP contribution in [-0.4, -0.2) is 69.8 Å². The van der Waals surface area contributed by atoms with Crippen LogP contribution in [0.2, 0.25) is 18.1 Å². The van der Waals surface area contributed by atoms with E-state index >= 15 is 0 Å². The summed E-state index contributed by atoms with van der Waals surface area (Å²) in [6, 6.07) is -0.168. The summed E-state index contributed by atoms with van der Waals surface area (Å²) < 4.78 is 29.9. The van der Waals surface area contributed by atoms with Gasteiger partial charge in [0.2, 0.25) is 5.91 Å². The number of nitrogens with one attached hydrogen (secondary N) is 1. The molecular weight excluding hydrogens is 486 g/mol. The monoisotopic (exact) mass is 535 g/mol. The van der Waals surface area contributed by atoms with E-state index in [0.717, 1.165) is 25.0 Å². The maximum absolute atomic E-state index is 12.4. The average Bonchev–Trinajstić information content (AvgIpc) is 3.51. The normalized spacial score (nSPS) is 31.7. The van der Waals surface area contributed by atoms with Crippen molar-refractivity contribution in [2.75, 3.05) is 19.8 Å². The molecule has 3 heterocycles. The van der Waals surface area contributed by atoms with Crippen LogP contribution in [0, 0.1) is 0 Å². The van der Waals surface area contributed by atoms with Gasteiger partial charge in [0.15, 0.2) is 14.6 Å². The van der Waals surface area contributed by atoms with Crippen LogP contribution >= 0.6 is 0 Å². The maximum Gasteiger partial charge on any atom is 0.244 e. The van der Waals surface area contributed by atoms with Gasteiger partial charge in [-0.2, -0.15) is 0 Å². The van der Waals surface area contributed by atoms with Crippen LogP contribution < -0.4 is 5.32 Å². The van der Waals surface area contributed by atoms with Crippen LogP contribution in [0.1, 0.15) is 67.7 Å². The first-order valence-corrected chi connectivity index (χ1v) is 16.6. The topological polar surface area (TPSA) is 78.5 Å². The molecule has 37 heavy (non-hydrogen) atoms. The first kappa shape index (κ1) is 30.3. The lowest BCUT2D eigenvalue weighted by atomic mass is 9.85. The van der Waals surface area contributed by atoms with Crippen molar-refractivity contribution >= 4 is 14.2 Å². The zero-order chi connectivity index (χ0) is 27.5. The summed E-state index contributed by atoms with van der Waals surface area (Å²) in [6.45, 7) is 21.1. The molecule has 0 unspecified atom stereocenters. The summed E-state index contributed by atoms with van der Waals surface area (Å²) in [4.78, 5) is 12.4. The maximum atomic E-state index is 12.4. The lowest BCUT2D eigenvalue weighted by molar-refractivity contribution is -0.187. The molecule has 0 radical (unpaired) electrons. The second-order valence-electron chi connectivity index (χ2n) is 13.1. The summed E-state index contributed by atoms with van der Waals surface area (Å²) in [5.41, 5.74) is 1.000. The lowest BCUT2D eigenvalue weighted by Crippen LogP contribution is -2.46. The Morgan fingerprint density at radius 2 is 1.84 bits per heavy atom. The fraction of sp³-hybridized carbons (Fsp3) is 0.759. The van der Waals surface area contributed by atoms with Gasteiger partial charge in [0, 0.05) is 25.3 Å². The Balaban J connectivity index is 1.36. The van der Waals surface area contributed by atoms with Gasteiger partial charge < -0.3 is 28.7 Å². The van der Waals surface area contributed by atoms with E-state index in [1.807, 2.05) is 13.0 Å². The van der Waals surface area contributed by atoms with Crippen molar-refractivity contribution in [2.24, 2.45) is 0 Å². The fourth-order valence-corrected chi connectivity index (χ4v) is 6.02. The summed E-state index contributed by atoms with van der Waals surface area (Å²) in [5, 5.41) is 3.09. The van der Waals surface area contributed by atoms with Crippen molar-refractivity contribution in [1.29, 1.82) is 0 Å². The van der Waals surface area contributed by atoms with Crippen molar-refractivity contribution in [3.05, 3.63) is 36.0 Å². The Kier molecular flexibility index (Phi) is 9.68. The van der Waals surface area contributed by atoms with E-state index in [-0.39, 0.29) is 46.7 Å². The van der Waals surface area contributed by atoms with Crippen LogP contribution in [0.15, 0.2) is 36.0 Å². The Hall–Kier alpha value is -1.29. The molecule has 3 aliphatic heterocycles. The second-order valence-corrected chi connectivity index (χ2v) is 17.8. The minimum absolute atomic E-state index is 0.0245. The van der Waals surface area contributed by atoms with Crippen LogP contribution in [0.4, 0.5) is 0 Å². The Labute approximate surface area is 225 Å². The molecule has 1 N–H and O–H groups in total. The zero-order valence-corrected chi connectivity index (χ0v) is 25.4. The summed E-state index contributed by atoms with van der Waals surface area (Å²) in [5.74, 6) is -0.159. The van der Waals surface area contributed by atoms with Crippen LogP contribution in [0.25, 0.3) is 0 Å². The number of carbonyl (C=O) groups is 1. The molecule has 0 saturated carbocycles. The molecule has 1 amide bonds. The minimum atomic E-state index is -1.87. The highest BCUT2D eigenvalue weighted by Crippen LogP contribution is 2.46. The van der Waals surface area contributed by atoms with Crippen molar-refractivity contribution in [2.45, 2.75) is 122 Å². The predicted molar refractivity (Wildman–Crippen MR) is 149 cm³/mol. The standard InChI is InChI=1S/C29H49NO6Si/c1-21(10-13-24-16-29(20-34-29)19-28(6,7)35-24)11-15-26-32-17-23(18-33-26)30-25(31)14-12-22(2)36-37(8,9)27(3,4)5/h10-14,22-24,26H,15-20H2,1-9H3,(H,30,31)/b13-10+,14-12-,21-11+/t22-,23-,24+,26+,29+/m0/s1. The smallest absolute Gasteiger partial charge is 0.244 e. The molecule has 7 nitrogen and oxygen atoms in total. The van der Waals surface area contributed by atoms with Gasteiger partial charge in [-0.1, -0.05) is 50.6 Å². The summed E-state index contributed by atoms with van der Waals surface area (Å²) >= 11 is 0. The number of hydrogen-bond donors (Lipinski definition) is 1. The molecule has 8 heteroatoms. The molecule has 0 aromatic carbocycles.